The van der Waals surface area contributed by atoms with Crippen LogP contribution in [0.1, 0.15) is 23.3 Å². The van der Waals surface area contributed by atoms with Crippen LogP contribution >= 0.6 is 0 Å². The van der Waals surface area contributed by atoms with Gasteiger partial charge in [0.25, 0.3) is 0 Å². The van der Waals surface area contributed by atoms with E-state index in [9.17, 15) is 8.78 Å². The standard InChI is InChI=1S/C12H14F2N4/c1-7-16-8(2)18(17-7)6-11(15)9-4-3-5-10(13)12(9)14/h3-5,11H,6,15H2,1-2H3. The summed E-state index contributed by atoms with van der Waals surface area (Å²) in [5, 5.41) is 4.14. The van der Waals surface area contributed by atoms with Crippen molar-refractivity contribution in [2.75, 3.05) is 0 Å². The molecule has 0 fully saturated rings. The van der Waals surface area contributed by atoms with Crippen LogP contribution in [-0.4, -0.2) is 14.8 Å². The molecule has 0 spiro atoms. The van der Waals surface area contributed by atoms with Gasteiger partial charge in [-0.1, -0.05) is 12.1 Å². The quantitative estimate of drug-likeness (QED) is 0.907. The Bertz CT molecular complexity index is 565. The van der Waals surface area contributed by atoms with Crippen molar-refractivity contribution < 1.29 is 8.78 Å². The molecule has 1 unspecified atom stereocenters. The molecule has 2 N–H and O–H groups in total. The van der Waals surface area contributed by atoms with Crippen LogP contribution in [0.3, 0.4) is 0 Å². The number of nitrogens with zero attached hydrogens (tertiary/aromatic N) is 3. The fourth-order valence-electron chi connectivity index (χ4n) is 1.83. The summed E-state index contributed by atoms with van der Waals surface area (Å²) in [5.74, 6) is -0.479. The fraction of sp³-hybridized carbons (Fsp3) is 0.333. The lowest BCUT2D eigenvalue weighted by molar-refractivity contribution is 0.460. The third-order valence-electron chi connectivity index (χ3n) is 2.71. The van der Waals surface area contributed by atoms with Crippen LogP contribution in [-0.2, 0) is 6.54 Å². The van der Waals surface area contributed by atoms with Crippen LogP contribution in [0.15, 0.2) is 18.2 Å². The van der Waals surface area contributed by atoms with Gasteiger partial charge in [0.2, 0.25) is 0 Å². The molecule has 0 aliphatic carbocycles. The number of benzene rings is 1. The van der Waals surface area contributed by atoms with Gasteiger partial charge in [0.1, 0.15) is 11.6 Å². The maximum atomic E-state index is 13.6. The molecule has 0 aliphatic heterocycles. The highest BCUT2D eigenvalue weighted by Gasteiger charge is 2.16. The van der Waals surface area contributed by atoms with Crippen molar-refractivity contribution >= 4 is 0 Å². The van der Waals surface area contributed by atoms with E-state index in [4.69, 9.17) is 5.73 Å². The molecule has 1 aromatic carbocycles. The van der Waals surface area contributed by atoms with Crippen LogP contribution in [0.2, 0.25) is 0 Å². The Morgan fingerprint density at radius 3 is 2.67 bits per heavy atom. The minimum atomic E-state index is -0.903. The number of nitrogens with two attached hydrogens (primary N) is 1. The lowest BCUT2D eigenvalue weighted by Crippen LogP contribution is -2.20. The van der Waals surface area contributed by atoms with Crippen LogP contribution in [0, 0.1) is 25.5 Å². The van der Waals surface area contributed by atoms with Gasteiger partial charge < -0.3 is 5.73 Å². The van der Waals surface area contributed by atoms with E-state index in [-0.39, 0.29) is 12.1 Å². The van der Waals surface area contributed by atoms with Gasteiger partial charge in [-0.05, 0) is 19.9 Å². The van der Waals surface area contributed by atoms with Gasteiger partial charge in [-0.3, -0.25) is 0 Å². The second kappa shape index (κ2) is 4.81. The molecule has 0 saturated heterocycles. The Hall–Kier alpha value is -1.82. The number of hydrogen-bond acceptors (Lipinski definition) is 3. The normalized spacial score (nSPS) is 12.7. The van der Waals surface area contributed by atoms with Crippen molar-refractivity contribution in [1.82, 2.24) is 14.8 Å². The average Bonchev–Trinajstić information content (AvgIpc) is 2.61. The predicted molar refractivity (Wildman–Crippen MR) is 62.8 cm³/mol. The molecule has 0 bridgehead atoms. The molecule has 1 aromatic heterocycles. The number of hydrogen-bond donors (Lipinski definition) is 1. The third kappa shape index (κ3) is 2.38. The monoisotopic (exact) mass is 252 g/mol. The summed E-state index contributed by atoms with van der Waals surface area (Å²) in [6.07, 6.45) is 0. The predicted octanol–water partition coefficient (Wildman–Crippen LogP) is 1.87. The van der Waals surface area contributed by atoms with E-state index in [0.29, 0.717) is 11.6 Å². The first-order valence-corrected chi connectivity index (χ1v) is 5.56. The van der Waals surface area contributed by atoms with Gasteiger partial charge in [0, 0.05) is 5.56 Å². The molecule has 0 aliphatic rings. The maximum Gasteiger partial charge on any atom is 0.163 e. The largest absolute Gasteiger partial charge is 0.322 e. The van der Waals surface area contributed by atoms with E-state index >= 15 is 0 Å². The number of rotatable bonds is 3. The molecule has 4 nitrogen and oxygen atoms in total. The van der Waals surface area contributed by atoms with Crippen molar-refractivity contribution in [3.05, 3.63) is 47.0 Å². The highest BCUT2D eigenvalue weighted by Crippen LogP contribution is 2.19. The van der Waals surface area contributed by atoms with Gasteiger partial charge in [0.15, 0.2) is 11.6 Å². The molecule has 0 radical (unpaired) electrons. The van der Waals surface area contributed by atoms with Crippen LogP contribution in [0.4, 0.5) is 8.78 Å². The van der Waals surface area contributed by atoms with E-state index in [2.05, 4.69) is 10.1 Å². The SMILES string of the molecule is Cc1nc(C)n(CC(N)c2cccc(F)c2F)n1. The molecule has 96 valence electrons. The first kappa shape index (κ1) is 12.6. The molecule has 2 aromatic rings. The Balaban J connectivity index is 2.24. The van der Waals surface area contributed by atoms with Crippen molar-refractivity contribution in [3.63, 3.8) is 0 Å². The lowest BCUT2D eigenvalue weighted by atomic mass is 10.1. The lowest BCUT2D eigenvalue weighted by Gasteiger charge is -2.13. The van der Waals surface area contributed by atoms with Gasteiger partial charge in [0.05, 0.1) is 12.6 Å². The summed E-state index contributed by atoms with van der Waals surface area (Å²) in [5.41, 5.74) is 6.02. The highest BCUT2D eigenvalue weighted by atomic mass is 19.2. The Morgan fingerprint density at radius 1 is 1.33 bits per heavy atom. The number of halogens is 2. The average molecular weight is 252 g/mol. The molecule has 6 heteroatoms. The molecule has 0 saturated carbocycles. The number of aryl methyl sites for hydroxylation is 2. The first-order valence-electron chi connectivity index (χ1n) is 5.56. The van der Waals surface area contributed by atoms with E-state index in [1.54, 1.807) is 18.5 Å². The second-order valence-electron chi connectivity index (χ2n) is 4.14. The first-order chi connectivity index (χ1) is 8.49. The number of aromatic nitrogens is 3. The second-order valence-corrected chi connectivity index (χ2v) is 4.14. The maximum absolute atomic E-state index is 13.6. The summed E-state index contributed by atoms with van der Waals surface area (Å²) in [4.78, 5) is 4.13. The highest BCUT2D eigenvalue weighted by molar-refractivity contribution is 5.22. The topological polar surface area (TPSA) is 56.7 Å². The summed E-state index contributed by atoms with van der Waals surface area (Å²) in [7, 11) is 0. The van der Waals surface area contributed by atoms with Crippen molar-refractivity contribution in [3.8, 4) is 0 Å². The fourth-order valence-corrected chi connectivity index (χ4v) is 1.83. The van der Waals surface area contributed by atoms with Gasteiger partial charge in [-0.2, -0.15) is 5.10 Å². The van der Waals surface area contributed by atoms with Crippen LogP contribution in [0.25, 0.3) is 0 Å². The minimum Gasteiger partial charge on any atom is -0.322 e. The molecular formula is C12H14F2N4. The van der Waals surface area contributed by atoms with Gasteiger partial charge >= 0.3 is 0 Å². The zero-order valence-electron chi connectivity index (χ0n) is 10.2. The molecule has 18 heavy (non-hydrogen) atoms. The smallest absolute Gasteiger partial charge is 0.163 e. The van der Waals surface area contributed by atoms with E-state index in [1.165, 1.54) is 12.1 Å². The van der Waals surface area contributed by atoms with Crippen LogP contribution < -0.4 is 5.73 Å². The Labute approximate surface area is 103 Å². The third-order valence-corrected chi connectivity index (χ3v) is 2.71. The van der Waals surface area contributed by atoms with E-state index in [1.807, 2.05) is 0 Å². The summed E-state index contributed by atoms with van der Waals surface area (Å²) in [6, 6.07) is 3.31. The molecule has 2 rings (SSSR count). The van der Waals surface area contributed by atoms with Crippen LogP contribution in [0.5, 0.6) is 0 Å². The zero-order valence-corrected chi connectivity index (χ0v) is 10.2. The summed E-state index contributed by atoms with van der Waals surface area (Å²) >= 11 is 0. The summed E-state index contributed by atoms with van der Waals surface area (Å²) < 4.78 is 28.2. The van der Waals surface area contributed by atoms with Crippen molar-refractivity contribution in [2.24, 2.45) is 5.73 Å². The molecule has 1 atom stereocenters. The summed E-state index contributed by atoms with van der Waals surface area (Å²) in [6.45, 7) is 3.81. The Morgan fingerprint density at radius 2 is 2.06 bits per heavy atom. The zero-order chi connectivity index (χ0) is 13.3. The van der Waals surface area contributed by atoms with Crippen molar-refractivity contribution in [2.45, 2.75) is 26.4 Å². The molecule has 0 amide bonds. The van der Waals surface area contributed by atoms with Crippen molar-refractivity contribution in [1.29, 1.82) is 0 Å². The van der Waals surface area contributed by atoms with E-state index < -0.39 is 17.7 Å². The minimum absolute atomic E-state index is 0.141. The van der Waals surface area contributed by atoms with E-state index in [0.717, 1.165) is 6.07 Å². The van der Waals surface area contributed by atoms with Gasteiger partial charge in [-0.25, -0.2) is 18.4 Å². The molecule has 1 heterocycles. The molecular weight excluding hydrogens is 238 g/mol. The van der Waals surface area contributed by atoms with Gasteiger partial charge in [-0.15, -0.1) is 0 Å². The Kier molecular flexibility index (Phi) is 3.38.